The molecule has 1 amide bonds. The van der Waals surface area contributed by atoms with E-state index in [4.69, 9.17) is 9.26 Å². The Labute approximate surface area is 191 Å². The van der Waals surface area contributed by atoms with Crippen molar-refractivity contribution in [2.75, 3.05) is 30.8 Å². The lowest BCUT2D eigenvalue weighted by Crippen LogP contribution is -2.33. The van der Waals surface area contributed by atoms with Gasteiger partial charge in [0.25, 0.3) is 0 Å². The van der Waals surface area contributed by atoms with Crippen LogP contribution in [0.25, 0.3) is 10.7 Å². The van der Waals surface area contributed by atoms with E-state index in [9.17, 15) is 13.2 Å². The number of carbonyl (C=O) groups excluding carboxylic acids is 1. The molecule has 0 bridgehead atoms. The fourth-order valence-corrected chi connectivity index (χ4v) is 4.76. The van der Waals surface area contributed by atoms with Gasteiger partial charge in [0, 0.05) is 25.6 Å². The molecule has 0 aliphatic heterocycles. The molecule has 32 heavy (non-hydrogen) atoms. The third-order valence-corrected chi connectivity index (χ3v) is 6.82. The van der Waals surface area contributed by atoms with E-state index in [1.165, 1.54) is 22.8 Å². The number of nitrogens with zero attached hydrogens (tertiary/aromatic N) is 4. The minimum atomic E-state index is -3.51. The molecule has 1 aromatic carbocycles. The summed E-state index contributed by atoms with van der Waals surface area (Å²) < 4.78 is 36.4. The van der Waals surface area contributed by atoms with E-state index in [-0.39, 0.29) is 25.4 Å². The Hall–Kier alpha value is -2.92. The van der Waals surface area contributed by atoms with Crippen LogP contribution in [0, 0.1) is 0 Å². The monoisotopic (exact) mass is 478 g/mol. The number of amides is 1. The number of ether oxygens (including phenoxy) is 1. The number of carbonyl (C=O) groups is 1. The molecular weight excluding hydrogens is 452 g/mol. The third kappa shape index (κ3) is 6.07. The molecule has 0 saturated heterocycles. The molecule has 3 aromatic rings. The van der Waals surface area contributed by atoms with Crippen LogP contribution >= 0.6 is 11.3 Å². The van der Waals surface area contributed by atoms with Crippen LogP contribution in [0.15, 0.2) is 46.3 Å². The molecule has 2 aromatic heterocycles. The van der Waals surface area contributed by atoms with Crippen LogP contribution in [-0.2, 0) is 21.4 Å². The van der Waals surface area contributed by atoms with Crippen molar-refractivity contribution in [2.45, 2.75) is 26.3 Å². The van der Waals surface area contributed by atoms with Gasteiger partial charge in [0.05, 0.1) is 30.5 Å². The van der Waals surface area contributed by atoms with E-state index >= 15 is 0 Å². The summed E-state index contributed by atoms with van der Waals surface area (Å²) in [7, 11) is -1.99. The molecule has 0 atom stereocenters. The quantitative estimate of drug-likeness (QED) is 0.416. The van der Waals surface area contributed by atoms with Crippen LogP contribution in [0.1, 0.15) is 25.7 Å². The van der Waals surface area contributed by atoms with Crippen molar-refractivity contribution in [1.82, 2.24) is 15.0 Å². The number of methoxy groups -OCH3 is 1. The Balaban J connectivity index is 1.60. The van der Waals surface area contributed by atoms with Crippen molar-refractivity contribution in [2.24, 2.45) is 0 Å². The lowest BCUT2D eigenvalue weighted by Gasteiger charge is -2.24. The number of sulfonamides is 1. The summed E-state index contributed by atoms with van der Waals surface area (Å²) in [5.41, 5.74) is 0.499. The molecule has 172 valence electrons. The Morgan fingerprint density at radius 1 is 1.25 bits per heavy atom. The van der Waals surface area contributed by atoms with Crippen LogP contribution in [0.5, 0.6) is 5.75 Å². The van der Waals surface area contributed by atoms with Crippen LogP contribution in [0.3, 0.4) is 0 Å². The Morgan fingerprint density at radius 2 is 2.06 bits per heavy atom. The van der Waals surface area contributed by atoms with Gasteiger partial charge in [-0.2, -0.15) is 4.98 Å². The molecule has 0 radical (unpaired) electrons. The van der Waals surface area contributed by atoms with Crippen LogP contribution in [0.4, 0.5) is 5.69 Å². The molecule has 2 heterocycles. The molecule has 11 heteroatoms. The second kappa shape index (κ2) is 10.6. The highest BCUT2D eigenvalue weighted by molar-refractivity contribution is 7.92. The van der Waals surface area contributed by atoms with Gasteiger partial charge in [-0.15, -0.1) is 11.3 Å². The topological polar surface area (TPSA) is 106 Å². The number of hydrogen-bond donors (Lipinski definition) is 0. The van der Waals surface area contributed by atoms with Gasteiger partial charge in [0.15, 0.2) is 0 Å². The van der Waals surface area contributed by atoms with Crippen LogP contribution in [0.2, 0.25) is 0 Å². The number of hydrogen-bond acceptors (Lipinski definition) is 8. The summed E-state index contributed by atoms with van der Waals surface area (Å²) in [6, 6.07) is 10.6. The first-order chi connectivity index (χ1) is 15.3. The molecule has 9 nitrogen and oxygen atoms in total. The lowest BCUT2D eigenvalue weighted by atomic mass is 10.2. The minimum absolute atomic E-state index is 0.109. The molecule has 0 unspecified atom stereocenters. The number of rotatable bonds is 11. The molecule has 0 aliphatic rings. The fourth-order valence-electron chi connectivity index (χ4n) is 3.15. The van der Waals surface area contributed by atoms with Crippen molar-refractivity contribution in [1.29, 1.82) is 0 Å². The minimum Gasteiger partial charge on any atom is -0.497 e. The Kier molecular flexibility index (Phi) is 7.86. The summed E-state index contributed by atoms with van der Waals surface area (Å²) in [5, 5.41) is 5.90. The molecule has 0 saturated carbocycles. The average molecular weight is 479 g/mol. The van der Waals surface area contributed by atoms with E-state index in [0.717, 1.165) is 11.1 Å². The molecule has 0 fully saturated rings. The third-order valence-electron chi connectivity index (χ3n) is 4.76. The van der Waals surface area contributed by atoms with Gasteiger partial charge in [-0.25, -0.2) is 8.42 Å². The van der Waals surface area contributed by atoms with Gasteiger partial charge in [-0.1, -0.05) is 17.3 Å². The highest BCUT2D eigenvalue weighted by Crippen LogP contribution is 2.24. The first-order valence-electron chi connectivity index (χ1n) is 10.1. The van der Waals surface area contributed by atoms with E-state index in [1.807, 2.05) is 24.4 Å². The van der Waals surface area contributed by atoms with E-state index in [2.05, 4.69) is 10.1 Å². The standard InChI is InChI=1S/C21H26N4O5S2/c1-4-24(15-19-22-21(23-30-19)18-10-7-13-31-18)20(26)11-6-12-25(32(3,27)28)16-8-5-9-17(14-16)29-2/h5,7-10,13-14H,4,6,11-12,15H2,1-3H3. The van der Waals surface area contributed by atoms with Gasteiger partial charge in [-0.05, 0) is 36.9 Å². The van der Waals surface area contributed by atoms with Crippen molar-refractivity contribution < 1.29 is 22.5 Å². The van der Waals surface area contributed by atoms with Crippen molar-refractivity contribution in [3.05, 3.63) is 47.7 Å². The SMILES string of the molecule is CCN(Cc1nc(-c2cccs2)no1)C(=O)CCCN(c1cccc(OC)c1)S(C)(=O)=O. The number of anilines is 1. The molecule has 0 spiro atoms. The highest BCUT2D eigenvalue weighted by atomic mass is 32.2. The second-order valence-electron chi connectivity index (χ2n) is 7.04. The van der Waals surface area contributed by atoms with Crippen LogP contribution in [-0.4, -0.2) is 55.8 Å². The Morgan fingerprint density at radius 3 is 2.72 bits per heavy atom. The van der Waals surface area contributed by atoms with E-state index < -0.39 is 10.0 Å². The van der Waals surface area contributed by atoms with Gasteiger partial charge in [0.2, 0.25) is 27.6 Å². The fraction of sp³-hybridized carbons (Fsp3) is 0.381. The zero-order chi connectivity index (χ0) is 23.1. The average Bonchev–Trinajstić information content (AvgIpc) is 3.46. The molecule has 0 N–H and O–H groups in total. The summed E-state index contributed by atoms with van der Waals surface area (Å²) in [4.78, 5) is 19.6. The van der Waals surface area contributed by atoms with Crippen molar-refractivity contribution >= 4 is 33.0 Å². The van der Waals surface area contributed by atoms with E-state index in [1.54, 1.807) is 29.2 Å². The molecule has 0 aliphatic carbocycles. The normalized spacial score (nSPS) is 11.3. The summed E-state index contributed by atoms with van der Waals surface area (Å²) in [6.07, 6.45) is 1.70. The van der Waals surface area contributed by atoms with Gasteiger partial charge >= 0.3 is 0 Å². The smallest absolute Gasteiger partial charge is 0.246 e. The predicted molar refractivity (Wildman–Crippen MR) is 123 cm³/mol. The summed E-state index contributed by atoms with van der Waals surface area (Å²) in [6.45, 7) is 2.73. The van der Waals surface area contributed by atoms with Crippen LogP contribution < -0.4 is 9.04 Å². The van der Waals surface area contributed by atoms with Crippen molar-refractivity contribution in [3.63, 3.8) is 0 Å². The zero-order valence-electron chi connectivity index (χ0n) is 18.2. The lowest BCUT2D eigenvalue weighted by molar-refractivity contribution is -0.132. The highest BCUT2D eigenvalue weighted by Gasteiger charge is 2.20. The van der Waals surface area contributed by atoms with Gasteiger partial charge < -0.3 is 14.2 Å². The zero-order valence-corrected chi connectivity index (χ0v) is 19.9. The van der Waals surface area contributed by atoms with E-state index in [0.29, 0.717) is 36.1 Å². The maximum atomic E-state index is 12.7. The maximum absolute atomic E-state index is 12.7. The molecule has 3 rings (SSSR count). The number of aromatic nitrogens is 2. The maximum Gasteiger partial charge on any atom is 0.246 e. The molecular formula is C21H26N4O5S2. The largest absolute Gasteiger partial charge is 0.497 e. The summed E-state index contributed by atoms with van der Waals surface area (Å²) in [5.74, 6) is 1.31. The number of thiophene rings is 1. The summed E-state index contributed by atoms with van der Waals surface area (Å²) >= 11 is 1.51. The second-order valence-corrected chi connectivity index (χ2v) is 9.89. The predicted octanol–water partition coefficient (Wildman–Crippen LogP) is 3.40. The first-order valence-corrected chi connectivity index (χ1v) is 12.8. The van der Waals surface area contributed by atoms with Gasteiger partial charge in [-0.3, -0.25) is 9.10 Å². The first kappa shape index (κ1) is 23.7. The van der Waals surface area contributed by atoms with Gasteiger partial charge in [0.1, 0.15) is 5.75 Å². The van der Waals surface area contributed by atoms with Crippen molar-refractivity contribution in [3.8, 4) is 16.5 Å². The number of benzene rings is 1. The Bertz CT molecular complexity index is 1130.